The third-order valence-electron chi connectivity index (χ3n) is 2.30. The van der Waals surface area contributed by atoms with Gasteiger partial charge < -0.3 is 5.32 Å². The summed E-state index contributed by atoms with van der Waals surface area (Å²) in [6.07, 6.45) is 0. The summed E-state index contributed by atoms with van der Waals surface area (Å²) in [4.78, 5) is 5.46. The molecule has 2 aromatic rings. The van der Waals surface area contributed by atoms with Gasteiger partial charge in [0.05, 0.1) is 10.6 Å². The number of hydrogen-bond donors (Lipinski definition) is 1. The zero-order chi connectivity index (χ0) is 12.4. The lowest BCUT2D eigenvalue weighted by molar-refractivity contribution is 0.628. The van der Waals surface area contributed by atoms with Crippen LogP contribution in [-0.4, -0.2) is 11.0 Å². The van der Waals surface area contributed by atoms with E-state index in [4.69, 9.17) is 0 Å². The smallest absolute Gasteiger partial charge is 0.183 e. The van der Waals surface area contributed by atoms with Gasteiger partial charge in [-0.2, -0.15) is 0 Å². The average molecular weight is 250 g/mol. The van der Waals surface area contributed by atoms with E-state index in [2.05, 4.69) is 24.1 Å². The first-order chi connectivity index (χ1) is 8.06. The van der Waals surface area contributed by atoms with E-state index in [9.17, 15) is 4.39 Å². The quantitative estimate of drug-likeness (QED) is 0.888. The number of aromatic nitrogens is 1. The monoisotopic (exact) mass is 250 g/mol. The number of aryl methyl sites for hydroxylation is 1. The highest BCUT2D eigenvalue weighted by Crippen LogP contribution is 2.33. The van der Waals surface area contributed by atoms with Gasteiger partial charge in [-0.1, -0.05) is 23.5 Å². The van der Waals surface area contributed by atoms with E-state index in [0.717, 1.165) is 21.3 Å². The number of nitrogens with zero attached hydrogens (tertiary/aromatic N) is 1. The molecule has 2 nitrogen and oxygen atoms in total. The minimum Gasteiger partial charge on any atom is -0.359 e. The summed E-state index contributed by atoms with van der Waals surface area (Å²) >= 11 is 1.56. The Morgan fingerprint density at radius 3 is 2.76 bits per heavy atom. The third kappa shape index (κ3) is 2.82. The summed E-state index contributed by atoms with van der Waals surface area (Å²) in [5.74, 6) is -0.214. The second-order valence-electron chi connectivity index (χ2n) is 4.24. The number of nitrogens with one attached hydrogen (secondary N) is 1. The number of thiazole rings is 1. The molecule has 17 heavy (non-hydrogen) atoms. The van der Waals surface area contributed by atoms with Gasteiger partial charge in [-0.3, -0.25) is 0 Å². The van der Waals surface area contributed by atoms with Crippen LogP contribution >= 0.6 is 11.3 Å². The lowest BCUT2D eigenvalue weighted by Gasteiger charge is -2.04. The lowest BCUT2D eigenvalue weighted by Crippen LogP contribution is -2.08. The van der Waals surface area contributed by atoms with Crippen molar-refractivity contribution < 1.29 is 4.39 Å². The van der Waals surface area contributed by atoms with Crippen LogP contribution in [0.2, 0.25) is 0 Å². The fourth-order valence-corrected chi connectivity index (χ4v) is 2.71. The molecule has 90 valence electrons. The topological polar surface area (TPSA) is 24.9 Å². The van der Waals surface area contributed by atoms with Crippen molar-refractivity contribution in [3.63, 3.8) is 0 Å². The second-order valence-corrected chi connectivity index (χ2v) is 5.24. The van der Waals surface area contributed by atoms with E-state index < -0.39 is 0 Å². The first kappa shape index (κ1) is 12.0. The summed E-state index contributed by atoms with van der Waals surface area (Å²) < 4.78 is 13.2. The molecule has 0 aliphatic rings. The van der Waals surface area contributed by atoms with Crippen molar-refractivity contribution in [2.75, 3.05) is 5.32 Å². The number of benzene rings is 1. The van der Waals surface area contributed by atoms with E-state index in [1.807, 2.05) is 13.0 Å². The lowest BCUT2D eigenvalue weighted by atomic mass is 10.1. The molecular formula is C13H15FN2S. The van der Waals surface area contributed by atoms with Crippen molar-refractivity contribution >= 4 is 16.5 Å². The van der Waals surface area contributed by atoms with Crippen molar-refractivity contribution in [3.05, 3.63) is 35.8 Å². The van der Waals surface area contributed by atoms with Crippen LogP contribution in [0.15, 0.2) is 24.3 Å². The Kier molecular flexibility index (Phi) is 3.43. The Balaban J connectivity index is 2.36. The molecule has 1 N–H and O–H groups in total. The Morgan fingerprint density at radius 2 is 2.12 bits per heavy atom. The minimum absolute atomic E-state index is 0.214. The van der Waals surface area contributed by atoms with Crippen molar-refractivity contribution in [1.29, 1.82) is 0 Å². The van der Waals surface area contributed by atoms with Crippen molar-refractivity contribution in [1.82, 2.24) is 4.98 Å². The third-order valence-corrected chi connectivity index (χ3v) is 3.43. The number of anilines is 1. The van der Waals surface area contributed by atoms with Gasteiger partial charge in [0.15, 0.2) is 5.13 Å². The molecule has 0 aliphatic heterocycles. The minimum atomic E-state index is -0.214. The Morgan fingerprint density at radius 1 is 1.35 bits per heavy atom. The maximum atomic E-state index is 13.2. The Hall–Kier alpha value is -1.42. The molecule has 0 saturated heterocycles. The molecule has 4 heteroatoms. The largest absolute Gasteiger partial charge is 0.359 e. The van der Waals surface area contributed by atoms with Crippen LogP contribution in [0.5, 0.6) is 0 Å². The van der Waals surface area contributed by atoms with Crippen LogP contribution in [0.1, 0.15) is 19.5 Å². The molecule has 0 fully saturated rings. The summed E-state index contributed by atoms with van der Waals surface area (Å²) in [5.41, 5.74) is 1.82. The van der Waals surface area contributed by atoms with Crippen LogP contribution in [0.25, 0.3) is 10.4 Å². The highest BCUT2D eigenvalue weighted by molar-refractivity contribution is 7.19. The van der Waals surface area contributed by atoms with E-state index in [1.165, 1.54) is 6.07 Å². The van der Waals surface area contributed by atoms with Gasteiger partial charge in [-0.05, 0) is 38.5 Å². The molecule has 0 radical (unpaired) electrons. The van der Waals surface area contributed by atoms with Crippen LogP contribution < -0.4 is 5.32 Å². The van der Waals surface area contributed by atoms with Gasteiger partial charge in [0.1, 0.15) is 5.82 Å². The predicted molar refractivity (Wildman–Crippen MR) is 71.0 cm³/mol. The summed E-state index contributed by atoms with van der Waals surface area (Å²) in [7, 11) is 0. The first-order valence-corrected chi connectivity index (χ1v) is 6.38. The van der Waals surface area contributed by atoms with Crippen molar-refractivity contribution in [2.45, 2.75) is 26.8 Å². The van der Waals surface area contributed by atoms with E-state index >= 15 is 0 Å². The maximum Gasteiger partial charge on any atom is 0.183 e. The summed E-state index contributed by atoms with van der Waals surface area (Å²) in [5, 5.41) is 4.15. The highest BCUT2D eigenvalue weighted by Gasteiger charge is 2.10. The molecular weight excluding hydrogens is 235 g/mol. The van der Waals surface area contributed by atoms with E-state index in [0.29, 0.717) is 6.04 Å². The summed E-state index contributed by atoms with van der Waals surface area (Å²) in [6, 6.07) is 6.97. The van der Waals surface area contributed by atoms with Crippen LogP contribution in [-0.2, 0) is 0 Å². The number of halogens is 1. The highest BCUT2D eigenvalue weighted by atomic mass is 32.1. The molecule has 0 amide bonds. The molecule has 0 spiro atoms. The van der Waals surface area contributed by atoms with Crippen LogP contribution in [0, 0.1) is 12.7 Å². The maximum absolute atomic E-state index is 13.2. The second kappa shape index (κ2) is 4.84. The number of hydrogen-bond acceptors (Lipinski definition) is 3. The molecule has 1 heterocycles. The Labute approximate surface area is 105 Å². The van der Waals surface area contributed by atoms with Gasteiger partial charge in [0.2, 0.25) is 0 Å². The molecule has 0 saturated carbocycles. The van der Waals surface area contributed by atoms with Crippen molar-refractivity contribution in [2.24, 2.45) is 0 Å². The molecule has 1 aromatic carbocycles. The van der Waals surface area contributed by atoms with Gasteiger partial charge >= 0.3 is 0 Å². The van der Waals surface area contributed by atoms with Crippen LogP contribution in [0.4, 0.5) is 9.52 Å². The normalized spacial score (nSPS) is 10.9. The number of rotatable bonds is 3. The SMILES string of the molecule is Cc1nc(NC(C)C)sc1-c1cccc(F)c1. The standard InChI is InChI=1S/C13H15FN2S/c1-8(2)15-13-16-9(3)12(17-13)10-5-4-6-11(14)7-10/h4-8H,1-3H3,(H,15,16). The Bertz CT molecular complexity index is 520. The molecule has 0 aliphatic carbocycles. The molecule has 0 bridgehead atoms. The zero-order valence-corrected chi connectivity index (χ0v) is 10.9. The fraction of sp³-hybridized carbons (Fsp3) is 0.308. The fourth-order valence-electron chi connectivity index (χ4n) is 1.60. The molecule has 1 aromatic heterocycles. The van der Waals surface area contributed by atoms with Gasteiger partial charge in [-0.15, -0.1) is 0 Å². The first-order valence-electron chi connectivity index (χ1n) is 5.56. The van der Waals surface area contributed by atoms with E-state index in [1.54, 1.807) is 23.5 Å². The van der Waals surface area contributed by atoms with Gasteiger partial charge in [-0.25, -0.2) is 9.37 Å². The zero-order valence-electron chi connectivity index (χ0n) is 10.1. The van der Waals surface area contributed by atoms with Gasteiger partial charge in [0.25, 0.3) is 0 Å². The van der Waals surface area contributed by atoms with Crippen molar-refractivity contribution in [3.8, 4) is 10.4 Å². The van der Waals surface area contributed by atoms with Gasteiger partial charge in [0, 0.05) is 6.04 Å². The molecule has 0 unspecified atom stereocenters. The molecule has 2 rings (SSSR count). The average Bonchev–Trinajstić information content (AvgIpc) is 2.58. The predicted octanol–water partition coefficient (Wildman–Crippen LogP) is 4.08. The van der Waals surface area contributed by atoms with E-state index in [-0.39, 0.29) is 5.82 Å². The summed E-state index contributed by atoms with van der Waals surface area (Å²) in [6.45, 7) is 6.08. The van der Waals surface area contributed by atoms with Crippen LogP contribution in [0.3, 0.4) is 0 Å². The molecule has 0 atom stereocenters.